The molecule has 0 aromatic heterocycles. The fraction of sp³-hybridized carbons (Fsp3) is 0.846. The van der Waals surface area contributed by atoms with Crippen LogP contribution in [0, 0.1) is 5.92 Å². The molecule has 0 aromatic carbocycles. The number of likely N-dealkylation sites (N-methyl/N-ethyl adjacent to an activating group) is 1. The van der Waals surface area contributed by atoms with E-state index in [-0.39, 0.29) is 35.9 Å². The summed E-state index contributed by atoms with van der Waals surface area (Å²) in [4.78, 5) is 26.3. The van der Waals surface area contributed by atoms with Crippen molar-refractivity contribution in [1.29, 1.82) is 0 Å². The third kappa shape index (κ3) is 2.29. The Balaban J connectivity index is 2.21. The van der Waals surface area contributed by atoms with Crippen molar-refractivity contribution in [2.45, 2.75) is 51.4 Å². The van der Waals surface area contributed by atoms with E-state index in [2.05, 4.69) is 5.32 Å². The van der Waals surface area contributed by atoms with Crippen molar-refractivity contribution in [2.24, 2.45) is 5.92 Å². The standard InChI is InChI=1S/C13H22N2O3/c1-8(2)12(16)10-4-5-11-15(10)13(17)9(14-3)6-7-18-11/h8-11,14H,4-7H2,1-3H3. The molecule has 0 bridgehead atoms. The molecule has 1 N–H and O–H groups in total. The van der Waals surface area contributed by atoms with Gasteiger partial charge >= 0.3 is 0 Å². The molecule has 3 unspecified atom stereocenters. The number of rotatable bonds is 3. The molecular weight excluding hydrogens is 232 g/mol. The number of ether oxygens (including phenoxy) is 1. The predicted molar refractivity (Wildman–Crippen MR) is 66.9 cm³/mol. The van der Waals surface area contributed by atoms with Crippen molar-refractivity contribution in [1.82, 2.24) is 10.2 Å². The Morgan fingerprint density at radius 1 is 1.39 bits per heavy atom. The molecule has 2 saturated heterocycles. The monoisotopic (exact) mass is 254 g/mol. The summed E-state index contributed by atoms with van der Waals surface area (Å²) in [5.74, 6) is 0.112. The number of nitrogens with one attached hydrogen (secondary N) is 1. The Morgan fingerprint density at radius 3 is 2.72 bits per heavy atom. The predicted octanol–water partition coefficient (Wildman–Crippen LogP) is 0.537. The van der Waals surface area contributed by atoms with Gasteiger partial charge in [0.25, 0.3) is 0 Å². The second-order valence-electron chi connectivity index (χ2n) is 5.35. The summed E-state index contributed by atoms with van der Waals surface area (Å²) < 4.78 is 5.70. The molecule has 2 aliphatic rings. The van der Waals surface area contributed by atoms with Crippen molar-refractivity contribution in [2.75, 3.05) is 13.7 Å². The number of nitrogens with zero attached hydrogens (tertiary/aromatic N) is 1. The molecule has 0 aliphatic carbocycles. The smallest absolute Gasteiger partial charge is 0.242 e. The van der Waals surface area contributed by atoms with Crippen LogP contribution in [0.4, 0.5) is 0 Å². The Hall–Kier alpha value is -0.940. The van der Waals surface area contributed by atoms with E-state index >= 15 is 0 Å². The van der Waals surface area contributed by atoms with Crippen LogP contribution >= 0.6 is 0 Å². The number of fused-ring (bicyclic) bond motifs is 1. The Morgan fingerprint density at radius 2 is 2.11 bits per heavy atom. The molecule has 18 heavy (non-hydrogen) atoms. The minimum atomic E-state index is -0.295. The van der Waals surface area contributed by atoms with E-state index in [1.54, 1.807) is 11.9 Å². The average Bonchev–Trinajstić information content (AvgIpc) is 2.69. The zero-order valence-electron chi connectivity index (χ0n) is 11.3. The first-order valence-corrected chi connectivity index (χ1v) is 6.71. The normalized spacial score (nSPS) is 32.6. The van der Waals surface area contributed by atoms with Gasteiger partial charge in [0.2, 0.25) is 5.91 Å². The van der Waals surface area contributed by atoms with Crippen LogP contribution in [0.1, 0.15) is 33.1 Å². The van der Waals surface area contributed by atoms with Gasteiger partial charge in [-0.1, -0.05) is 13.8 Å². The Labute approximate surface area is 108 Å². The molecule has 0 saturated carbocycles. The Bertz CT molecular complexity index is 343. The van der Waals surface area contributed by atoms with Crippen LogP contribution < -0.4 is 5.32 Å². The fourth-order valence-corrected chi connectivity index (χ4v) is 2.80. The number of carbonyl (C=O) groups is 2. The second-order valence-corrected chi connectivity index (χ2v) is 5.35. The van der Waals surface area contributed by atoms with Gasteiger partial charge in [0.15, 0.2) is 5.78 Å². The molecule has 5 heteroatoms. The highest BCUT2D eigenvalue weighted by molar-refractivity contribution is 5.92. The van der Waals surface area contributed by atoms with Gasteiger partial charge in [0, 0.05) is 5.92 Å². The summed E-state index contributed by atoms with van der Waals surface area (Å²) in [7, 11) is 1.78. The van der Waals surface area contributed by atoms with Gasteiger partial charge in [-0.05, 0) is 26.3 Å². The van der Waals surface area contributed by atoms with Crippen molar-refractivity contribution in [3.05, 3.63) is 0 Å². The van der Waals surface area contributed by atoms with Crippen LogP contribution in [0.2, 0.25) is 0 Å². The summed E-state index contributed by atoms with van der Waals surface area (Å²) in [5.41, 5.74) is 0. The lowest BCUT2D eigenvalue weighted by Crippen LogP contribution is -2.51. The van der Waals surface area contributed by atoms with E-state index in [9.17, 15) is 9.59 Å². The Kier molecular flexibility index (Phi) is 4.02. The quantitative estimate of drug-likeness (QED) is 0.798. The largest absolute Gasteiger partial charge is 0.358 e. The lowest BCUT2D eigenvalue weighted by Gasteiger charge is -2.30. The molecular formula is C13H22N2O3. The van der Waals surface area contributed by atoms with Crippen LogP contribution in [-0.2, 0) is 14.3 Å². The van der Waals surface area contributed by atoms with Crippen LogP contribution in [0.15, 0.2) is 0 Å². The van der Waals surface area contributed by atoms with Gasteiger partial charge in [-0.2, -0.15) is 0 Å². The van der Waals surface area contributed by atoms with Gasteiger partial charge in [0.1, 0.15) is 6.23 Å². The topological polar surface area (TPSA) is 58.6 Å². The maximum atomic E-state index is 12.4. The van der Waals surface area contributed by atoms with Crippen LogP contribution in [0.3, 0.4) is 0 Å². The summed E-state index contributed by atoms with van der Waals surface area (Å²) in [5, 5.41) is 3.01. The molecule has 3 atom stereocenters. The van der Waals surface area contributed by atoms with Gasteiger partial charge in [-0.15, -0.1) is 0 Å². The molecule has 2 heterocycles. The summed E-state index contributed by atoms with van der Waals surface area (Å²) >= 11 is 0. The van der Waals surface area contributed by atoms with Crippen LogP contribution in [0.5, 0.6) is 0 Å². The first-order valence-electron chi connectivity index (χ1n) is 6.71. The number of hydrogen-bond donors (Lipinski definition) is 1. The third-order valence-electron chi connectivity index (χ3n) is 3.85. The van der Waals surface area contributed by atoms with Crippen molar-refractivity contribution in [3.63, 3.8) is 0 Å². The third-order valence-corrected chi connectivity index (χ3v) is 3.85. The summed E-state index contributed by atoms with van der Waals surface area (Å²) in [6.07, 6.45) is 1.96. The molecule has 2 fully saturated rings. The van der Waals surface area contributed by atoms with Crippen molar-refractivity contribution < 1.29 is 14.3 Å². The van der Waals surface area contributed by atoms with E-state index in [0.29, 0.717) is 13.0 Å². The van der Waals surface area contributed by atoms with Crippen molar-refractivity contribution in [3.8, 4) is 0 Å². The second kappa shape index (κ2) is 5.36. The average molecular weight is 254 g/mol. The number of hydrogen-bond acceptors (Lipinski definition) is 4. The molecule has 5 nitrogen and oxygen atoms in total. The summed E-state index contributed by atoms with van der Waals surface area (Å²) in [6.45, 7) is 4.34. The minimum Gasteiger partial charge on any atom is -0.358 e. The zero-order chi connectivity index (χ0) is 13.3. The minimum absolute atomic E-state index is 0.0106. The van der Waals surface area contributed by atoms with E-state index in [1.807, 2.05) is 13.8 Å². The molecule has 102 valence electrons. The molecule has 2 aliphatic heterocycles. The number of amides is 1. The highest BCUT2D eigenvalue weighted by atomic mass is 16.5. The van der Waals surface area contributed by atoms with Gasteiger partial charge in [-0.25, -0.2) is 0 Å². The number of ketones is 1. The molecule has 0 aromatic rings. The van der Waals surface area contributed by atoms with Gasteiger partial charge < -0.3 is 15.0 Å². The first kappa shape index (κ1) is 13.5. The molecule has 0 radical (unpaired) electrons. The highest BCUT2D eigenvalue weighted by Gasteiger charge is 2.45. The van der Waals surface area contributed by atoms with Gasteiger partial charge in [0.05, 0.1) is 18.7 Å². The molecule has 0 spiro atoms. The van der Waals surface area contributed by atoms with Crippen molar-refractivity contribution >= 4 is 11.7 Å². The number of carbonyl (C=O) groups excluding carboxylic acids is 2. The van der Waals surface area contributed by atoms with E-state index in [1.165, 1.54) is 0 Å². The summed E-state index contributed by atoms with van der Waals surface area (Å²) in [6, 6.07) is -0.521. The number of Topliss-reactive ketones (excluding diaryl/α,β-unsaturated/α-hetero) is 1. The molecule has 2 rings (SSSR count). The maximum Gasteiger partial charge on any atom is 0.242 e. The maximum absolute atomic E-state index is 12.4. The van der Waals surface area contributed by atoms with E-state index in [0.717, 1.165) is 12.8 Å². The van der Waals surface area contributed by atoms with Gasteiger partial charge in [-0.3, -0.25) is 9.59 Å². The van der Waals surface area contributed by atoms with E-state index < -0.39 is 0 Å². The zero-order valence-corrected chi connectivity index (χ0v) is 11.3. The first-order chi connectivity index (χ1) is 8.56. The fourth-order valence-electron chi connectivity index (χ4n) is 2.80. The van der Waals surface area contributed by atoms with E-state index in [4.69, 9.17) is 4.74 Å². The van der Waals surface area contributed by atoms with Crippen LogP contribution in [0.25, 0.3) is 0 Å². The lowest BCUT2D eigenvalue weighted by molar-refractivity contribution is -0.148. The highest BCUT2D eigenvalue weighted by Crippen LogP contribution is 2.30. The lowest BCUT2D eigenvalue weighted by atomic mass is 9.99. The SMILES string of the molecule is CNC1CCOC2CCC(C(=O)C(C)C)N2C1=O. The van der Waals surface area contributed by atoms with Crippen LogP contribution in [-0.4, -0.2) is 48.6 Å². The molecule has 1 amide bonds.